The van der Waals surface area contributed by atoms with Crippen LogP contribution in [0.4, 0.5) is 18.9 Å². The average Bonchev–Trinajstić information content (AvgIpc) is 2.37. The van der Waals surface area contributed by atoms with E-state index in [0.717, 1.165) is 32.0 Å². The molecule has 0 aromatic heterocycles. The van der Waals surface area contributed by atoms with Crippen molar-refractivity contribution in [2.75, 3.05) is 18.0 Å². The van der Waals surface area contributed by atoms with Crippen LogP contribution in [0.25, 0.3) is 0 Å². The zero-order chi connectivity index (χ0) is 15.0. The van der Waals surface area contributed by atoms with Crippen LogP contribution in [0.3, 0.4) is 0 Å². The van der Waals surface area contributed by atoms with Crippen molar-refractivity contribution in [3.8, 4) is 0 Å². The van der Waals surface area contributed by atoms with E-state index in [-0.39, 0.29) is 17.3 Å². The lowest BCUT2D eigenvalue weighted by atomic mass is 9.82. The number of benzene rings is 1. The molecule has 1 aliphatic rings. The number of alkyl halides is 3. The van der Waals surface area contributed by atoms with E-state index in [1.807, 2.05) is 4.90 Å². The highest BCUT2D eigenvalue weighted by Crippen LogP contribution is 2.36. The van der Waals surface area contributed by atoms with Crippen molar-refractivity contribution >= 4 is 12.0 Å². The van der Waals surface area contributed by atoms with Gasteiger partial charge in [0.15, 0.2) is 6.29 Å². The fourth-order valence-corrected chi connectivity index (χ4v) is 2.46. The van der Waals surface area contributed by atoms with Crippen molar-refractivity contribution in [2.45, 2.75) is 32.9 Å². The van der Waals surface area contributed by atoms with E-state index < -0.39 is 11.7 Å². The largest absolute Gasteiger partial charge is 0.417 e. The van der Waals surface area contributed by atoms with Crippen molar-refractivity contribution < 1.29 is 18.0 Å². The van der Waals surface area contributed by atoms with Crippen LogP contribution in [-0.4, -0.2) is 19.4 Å². The van der Waals surface area contributed by atoms with Gasteiger partial charge in [0.2, 0.25) is 0 Å². The van der Waals surface area contributed by atoms with Crippen LogP contribution < -0.4 is 4.90 Å². The summed E-state index contributed by atoms with van der Waals surface area (Å²) in [5, 5.41) is 0. The Labute approximate surface area is 116 Å². The summed E-state index contributed by atoms with van der Waals surface area (Å²) < 4.78 is 38.8. The molecule has 1 aliphatic heterocycles. The van der Waals surface area contributed by atoms with Gasteiger partial charge in [-0.3, -0.25) is 4.79 Å². The van der Waals surface area contributed by atoms with E-state index in [0.29, 0.717) is 5.69 Å². The third-order valence-electron chi connectivity index (χ3n) is 3.95. The maximum atomic E-state index is 12.9. The van der Waals surface area contributed by atoms with Crippen LogP contribution in [0.2, 0.25) is 0 Å². The molecule has 1 saturated heterocycles. The van der Waals surface area contributed by atoms with E-state index in [9.17, 15) is 18.0 Å². The molecule has 5 heteroatoms. The molecule has 110 valence electrons. The number of carbonyl (C=O) groups excluding carboxylic acids is 1. The zero-order valence-corrected chi connectivity index (χ0v) is 11.6. The third kappa shape index (κ3) is 3.14. The van der Waals surface area contributed by atoms with Gasteiger partial charge in [0, 0.05) is 24.3 Å². The second-order valence-corrected chi connectivity index (χ2v) is 6.04. The van der Waals surface area contributed by atoms with Crippen LogP contribution in [0, 0.1) is 5.41 Å². The summed E-state index contributed by atoms with van der Waals surface area (Å²) in [6, 6.07) is 3.93. The van der Waals surface area contributed by atoms with Gasteiger partial charge < -0.3 is 4.90 Å². The molecule has 1 heterocycles. The monoisotopic (exact) mass is 285 g/mol. The van der Waals surface area contributed by atoms with Gasteiger partial charge in [-0.05, 0) is 36.5 Å². The molecular formula is C15H18F3NO. The number of rotatable bonds is 2. The van der Waals surface area contributed by atoms with Gasteiger partial charge in [0.1, 0.15) is 0 Å². The van der Waals surface area contributed by atoms with Crippen LogP contribution in [-0.2, 0) is 6.18 Å². The summed E-state index contributed by atoms with van der Waals surface area (Å²) in [7, 11) is 0. The minimum atomic E-state index is -4.50. The molecule has 1 fully saturated rings. The summed E-state index contributed by atoms with van der Waals surface area (Å²) in [4.78, 5) is 12.7. The van der Waals surface area contributed by atoms with E-state index in [1.165, 1.54) is 6.07 Å². The number of hydrogen-bond donors (Lipinski definition) is 0. The number of halogens is 3. The summed E-state index contributed by atoms with van der Waals surface area (Å²) in [6.45, 7) is 5.82. The highest BCUT2D eigenvalue weighted by atomic mass is 19.4. The number of hydrogen-bond acceptors (Lipinski definition) is 2. The molecule has 0 N–H and O–H groups in total. The molecule has 0 bridgehead atoms. The molecule has 2 nitrogen and oxygen atoms in total. The maximum Gasteiger partial charge on any atom is 0.417 e. The molecule has 0 unspecified atom stereocenters. The summed E-state index contributed by atoms with van der Waals surface area (Å²) in [5.74, 6) is 0. The molecule has 2 rings (SSSR count). The molecular weight excluding hydrogens is 267 g/mol. The number of piperidine rings is 1. The Morgan fingerprint density at radius 2 is 1.80 bits per heavy atom. The SMILES string of the molecule is CC1(C)CCN(c2ccc(C=O)c(C(F)(F)F)c2)CC1. The summed E-state index contributed by atoms with van der Waals surface area (Å²) >= 11 is 0. The molecule has 0 radical (unpaired) electrons. The molecule has 0 spiro atoms. The lowest BCUT2D eigenvalue weighted by Gasteiger charge is -2.38. The van der Waals surface area contributed by atoms with Crippen molar-refractivity contribution in [2.24, 2.45) is 5.41 Å². The van der Waals surface area contributed by atoms with Gasteiger partial charge in [0.25, 0.3) is 0 Å². The number of aldehydes is 1. The number of nitrogens with zero attached hydrogens (tertiary/aromatic N) is 1. The first kappa shape index (κ1) is 14.9. The smallest absolute Gasteiger partial charge is 0.371 e. The molecule has 0 atom stereocenters. The Morgan fingerprint density at radius 3 is 2.30 bits per heavy atom. The second-order valence-electron chi connectivity index (χ2n) is 6.04. The van der Waals surface area contributed by atoms with Gasteiger partial charge in [-0.2, -0.15) is 13.2 Å². The Bertz CT molecular complexity index is 498. The first-order valence-corrected chi connectivity index (χ1v) is 6.64. The molecule has 0 aliphatic carbocycles. The van der Waals surface area contributed by atoms with Crippen molar-refractivity contribution in [3.05, 3.63) is 29.3 Å². The predicted molar refractivity (Wildman–Crippen MR) is 72.1 cm³/mol. The second kappa shape index (κ2) is 5.11. The lowest BCUT2D eigenvalue weighted by Crippen LogP contribution is -2.37. The average molecular weight is 285 g/mol. The standard InChI is InChI=1S/C15H18F3NO/c1-14(2)5-7-19(8-6-14)12-4-3-11(10-20)13(9-12)15(16,17)18/h3-4,9-10H,5-8H2,1-2H3. The highest BCUT2D eigenvalue weighted by molar-refractivity contribution is 5.79. The molecule has 1 aromatic carbocycles. The van der Waals surface area contributed by atoms with Crippen LogP contribution in [0.5, 0.6) is 0 Å². The Kier molecular flexibility index (Phi) is 3.80. The van der Waals surface area contributed by atoms with Crippen molar-refractivity contribution in [1.82, 2.24) is 0 Å². The molecule has 20 heavy (non-hydrogen) atoms. The first-order valence-electron chi connectivity index (χ1n) is 6.64. The minimum absolute atomic E-state index is 0.242. The summed E-state index contributed by atoms with van der Waals surface area (Å²) in [6.07, 6.45) is -2.35. The Balaban J connectivity index is 2.28. The van der Waals surface area contributed by atoms with E-state index >= 15 is 0 Å². The maximum absolute atomic E-state index is 12.9. The summed E-state index contributed by atoms with van der Waals surface area (Å²) in [5.41, 5.74) is -0.377. The van der Waals surface area contributed by atoms with Crippen molar-refractivity contribution in [3.63, 3.8) is 0 Å². The topological polar surface area (TPSA) is 20.3 Å². The fraction of sp³-hybridized carbons (Fsp3) is 0.533. The third-order valence-corrected chi connectivity index (χ3v) is 3.95. The van der Waals surface area contributed by atoms with E-state index in [1.54, 1.807) is 6.07 Å². The van der Waals surface area contributed by atoms with Crippen LogP contribution in [0.1, 0.15) is 42.6 Å². The van der Waals surface area contributed by atoms with Gasteiger partial charge in [-0.15, -0.1) is 0 Å². The molecule has 0 saturated carbocycles. The van der Waals surface area contributed by atoms with Crippen LogP contribution in [0.15, 0.2) is 18.2 Å². The normalized spacial score (nSPS) is 18.9. The Morgan fingerprint density at radius 1 is 1.20 bits per heavy atom. The quantitative estimate of drug-likeness (QED) is 0.761. The number of anilines is 1. The predicted octanol–water partition coefficient (Wildman–Crippen LogP) is 4.14. The molecule has 1 aromatic rings. The Hall–Kier alpha value is -1.52. The van der Waals surface area contributed by atoms with Gasteiger partial charge in [-0.25, -0.2) is 0 Å². The van der Waals surface area contributed by atoms with Gasteiger partial charge in [-0.1, -0.05) is 13.8 Å². The highest BCUT2D eigenvalue weighted by Gasteiger charge is 2.34. The fourth-order valence-electron chi connectivity index (χ4n) is 2.46. The van der Waals surface area contributed by atoms with E-state index in [2.05, 4.69) is 13.8 Å². The van der Waals surface area contributed by atoms with Crippen molar-refractivity contribution in [1.29, 1.82) is 0 Å². The first-order chi connectivity index (χ1) is 9.23. The van der Waals surface area contributed by atoms with Gasteiger partial charge >= 0.3 is 6.18 Å². The van der Waals surface area contributed by atoms with Gasteiger partial charge in [0.05, 0.1) is 5.56 Å². The molecule has 0 amide bonds. The lowest BCUT2D eigenvalue weighted by molar-refractivity contribution is -0.137. The van der Waals surface area contributed by atoms with E-state index in [4.69, 9.17) is 0 Å². The number of carbonyl (C=O) groups is 1. The minimum Gasteiger partial charge on any atom is -0.371 e. The van der Waals surface area contributed by atoms with Crippen LogP contribution >= 0.6 is 0 Å². The zero-order valence-electron chi connectivity index (χ0n) is 11.6.